The lowest BCUT2D eigenvalue weighted by molar-refractivity contribution is 0.532. The van der Waals surface area contributed by atoms with Gasteiger partial charge >= 0.3 is 0 Å². The molecule has 1 aromatic rings. The molecule has 0 amide bonds. The Balaban J connectivity index is 2.30. The van der Waals surface area contributed by atoms with E-state index in [9.17, 15) is 0 Å². The van der Waals surface area contributed by atoms with E-state index in [2.05, 4.69) is 18.1 Å². The van der Waals surface area contributed by atoms with Gasteiger partial charge in [-0.05, 0) is 25.8 Å². The molecule has 0 radical (unpaired) electrons. The van der Waals surface area contributed by atoms with Crippen LogP contribution in [0.25, 0.3) is 0 Å². The van der Waals surface area contributed by atoms with E-state index in [-0.39, 0.29) is 11.5 Å². The standard InChI is InChI=1S/C9H15N3/c1-7(10)9(4-5-9)8-3-6-12(2)11-8/h3,6-7H,4-5,10H2,1-2H3. The number of hydrogen-bond acceptors (Lipinski definition) is 2. The van der Waals surface area contributed by atoms with Crippen molar-refractivity contribution >= 4 is 0 Å². The zero-order chi connectivity index (χ0) is 8.77. The number of hydrogen-bond donors (Lipinski definition) is 1. The highest BCUT2D eigenvalue weighted by molar-refractivity contribution is 5.26. The molecule has 0 spiro atoms. The van der Waals surface area contributed by atoms with Crippen LogP contribution in [-0.2, 0) is 12.5 Å². The first-order chi connectivity index (χ1) is 5.65. The second-order valence-electron chi connectivity index (χ2n) is 3.82. The average Bonchev–Trinajstić information content (AvgIpc) is 2.71. The molecule has 0 saturated heterocycles. The summed E-state index contributed by atoms with van der Waals surface area (Å²) in [5.74, 6) is 0. The molecule has 1 heterocycles. The molecule has 1 unspecified atom stereocenters. The third-order valence-electron chi connectivity index (χ3n) is 2.88. The molecule has 1 saturated carbocycles. The van der Waals surface area contributed by atoms with Crippen molar-refractivity contribution in [1.29, 1.82) is 0 Å². The highest BCUT2D eigenvalue weighted by Gasteiger charge is 2.49. The Kier molecular flexibility index (Phi) is 1.51. The van der Waals surface area contributed by atoms with E-state index in [1.807, 2.05) is 17.9 Å². The summed E-state index contributed by atoms with van der Waals surface area (Å²) < 4.78 is 1.85. The SMILES string of the molecule is CC(N)C1(c2ccn(C)n2)CC1. The molecule has 66 valence electrons. The molecule has 12 heavy (non-hydrogen) atoms. The Hall–Kier alpha value is -0.830. The van der Waals surface area contributed by atoms with Gasteiger partial charge in [0.25, 0.3) is 0 Å². The summed E-state index contributed by atoms with van der Waals surface area (Å²) in [6.45, 7) is 2.07. The predicted octanol–water partition coefficient (Wildman–Crippen LogP) is 0.799. The van der Waals surface area contributed by atoms with Crippen molar-refractivity contribution in [3.8, 4) is 0 Å². The Labute approximate surface area is 72.6 Å². The van der Waals surface area contributed by atoms with Crippen LogP contribution in [0.1, 0.15) is 25.5 Å². The van der Waals surface area contributed by atoms with Crippen molar-refractivity contribution in [2.75, 3.05) is 0 Å². The lowest BCUT2D eigenvalue weighted by Crippen LogP contribution is -2.31. The van der Waals surface area contributed by atoms with Crippen molar-refractivity contribution in [3.63, 3.8) is 0 Å². The van der Waals surface area contributed by atoms with Gasteiger partial charge in [0.15, 0.2) is 0 Å². The third-order valence-corrected chi connectivity index (χ3v) is 2.88. The number of nitrogens with two attached hydrogens (primary N) is 1. The molecule has 1 aliphatic rings. The van der Waals surface area contributed by atoms with E-state index >= 15 is 0 Å². The highest BCUT2D eigenvalue weighted by Crippen LogP contribution is 2.49. The summed E-state index contributed by atoms with van der Waals surface area (Å²) in [5, 5.41) is 4.40. The van der Waals surface area contributed by atoms with Gasteiger partial charge in [-0.2, -0.15) is 5.10 Å². The minimum atomic E-state index is 0.210. The maximum absolute atomic E-state index is 5.92. The topological polar surface area (TPSA) is 43.8 Å². The van der Waals surface area contributed by atoms with Crippen LogP contribution in [-0.4, -0.2) is 15.8 Å². The third kappa shape index (κ3) is 0.966. The molecule has 1 atom stereocenters. The molecular formula is C9H15N3. The van der Waals surface area contributed by atoms with Gasteiger partial charge in [-0.3, -0.25) is 4.68 Å². The second kappa shape index (κ2) is 2.33. The van der Waals surface area contributed by atoms with E-state index in [0.29, 0.717) is 0 Å². The minimum Gasteiger partial charge on any atom is -0.327 e. The zero-order valence-electron chi connectivity index (χ0n) is 7.62. The molecule has 1 fully saturated rings. The summed E-state index contributed by atoms with van der Waals surface area (Å²) in [6, 6.07) is 2.31. The molecule has 1 aliphatic carbocycles. The van der Waals surface area contributed by atoms with Gasteiger partial charge in [0.05, 0.1) is 5.69 Å². The Morgan fingerprint density at radius 3 is 2.67 bits per heavy atom. The van der Waals surface area contributed by atoms with Crippen molar-refractivity contribution < 1.29 is 0 Å². The van der Waals surface area contributed by atoms with Crippen LogP contribution in [0.4, 0.5) is 0 Å². The van der Waals surface area contributed by atoms with E-state index in [1.54, 1.807) is 0 Å². The Bertz CT molecular complexity index is 284. The summed E-state index contributed by atoms with van der Waals surface area (Å²) in [6.07, 6.45) is 4.38. The molecule has 2 rings (SSSR count). The molecule has 3 heteroatoms. The largest absolute Gasteiger partial charge is 0.327 e. The first kappa shape index (κ1) is 7.80. The first-order valence-corrected chi connectivity index (χ1v) is 4.41. The molecule has 2 N–H and O–H groups in total. The molecule has 0 aromatic carbocycles. The molecular weight excluding hydrogens is 150 g/mol. The average molecular weight is 165 g/mol. The van der Waals surface area contributed by atoms with Gasteiger partial charge in [0.1, 0.15) is 0 Å². The van der Waals surface area contributed by atoms with Gasteiger partial charge in [0.2, 0.25) is 0 Å². The summed E-state index contributed by atoms with van der Waals surface area (Å²) in [5.41, 5.74) is 7.30. The first-order valence-electron chi connectivity index (χ1n) is 4.41. The fraction of sp³-hybridized carbons (Fsp3) is 0.667. The number of aryl methyl sites for hydroxylation is 1. The van der Waals surface area contributed by atoms with Gasteiger partial charge in [-0.15, -0.1) is 0 Å². The molecule has 1 aromatic heterocycles. The zero-order valence-corrected chi connectivity index (χ0v) is 7.62. The van der Waals surface area contributed by atoms with Crippen molar-refractivity contribution in [2.24, 2.45) is 12.8 Å². The van der Waals surface area contributed by atoms with Crippen molar-refractivity contribution in [1.82, 2.24) is 9.78 Å². The van der Waals surface area contributed by atoms with E-state index in [1.165, 1.54) is 18.5 Å². The highest BCUT2D eigenvalue weighted by atomic mass is 15.3. The van der Waals surface area contributed by atoms with Crippen LogP contribution in [0.5, 0.6) is 0 Å². The van der Waals surface area contributed by atoms with E-state index in [4.69, 9.17) is 5.73 Å². The van der Waals surface area contributed by atoms with Crippen LogP contribution in [0.2, 0.25) is 0 Å². The number of rotatable bonds is 2. The quantitative estimate of drug-likeness (QED) is 0.704. The van der Waals surface area contributed by atoms with E-state index in [0.717, 1.165) is 0 Å². The van der Waals surface area contributed by atoms with Gasteiger partial charge in [-0.25, -0.2) is 0 Å². The Morgan fingerprint density at radius 1 is 1.67 bits per heavy atom. The molecule has 0 aliphatic heterocycles. The smallest absolute Gasteiger partial charge is 0.0701 e. The van der Waals surface area contributed by atoms with Crippen LogP contribution in [0.3, 0.4) is 0 Å². The maximum atomic E-state index is 5.92. The van der Waals surface area contributed by atoms with Gasteiger partial charge in [-0.1, -0.05) is 0 Å². The maximum Gasteiger partial charge on any atom is 0.0701 e. The normalized spacial score (nSPS) is 22.2. The fourth-order valence-electron chi connectivity index (χ4n) is 1.76. The van der Waals surface area contributed by atoms with Crippen molar-refractivity contribution in [2.45, 2.75) is 31.2 Å². The monoisotopic (exact) mass is 165 g/mol. The summed E-state index contributed by atoms with van der Waals surface area (Å²) in [4.78, 5) is 0. The number of aromatic nitrogens is 2. The Morgan fingerprint density at radius 2 is 2.33 bits per heavy atom. The molecule has 0 bridgehead atoms. The van der Waals surface area contributed by atoms with Crippen LogP contribution >= 0.6 is 0 Å². The lowest BCUT2D eigenvalue weighted by Gasteiger charge is -2.16. The minimum absolute atomic E-state index is 0.210. The van der Waals surface area contributed by atoms with Crippen LogP contribution in [0.15, 0.2) is 12.3 Å². The van der Waals surface area contributed by atoms with Crippen LogP contribution in [0, 0.1) is 0 Å². The summed E-state index contributed by atoms with van der Waals surface area (Å²) >= 11 is 0. The fourth-order valence-corrected chi connectivity index (χ4v) is 1.76. The van der Waals surface area contributed by atoms with E-state index < -0.39 is 0 Å². The molecule has 3 nitrogen and oxygen atoms in total. The van der Waals surface area contributed by atoms with Gasteiger partial charge < -0.3 is 5.73 Å². The lowest BCUT2D eigenvalue weighted by atomic mass is 9.95. The summed E-state index contributed by atoms with van der Waals surface area (Å²) in [7, 11) is 1.95. The van der Waals surface area contributed by atoms with Crippen LogP contribution < -0.4 is 5.73 Å². The number of nitrogens with zero attached hydrogens (tertiary/aromatic N) is 2. The van der Waals surface area contributed by atoms with Gasteiger partial charge in [0, 0.05) is 24.7 Å². The predicted molar refractivity (Wildman–Crippen MR) is 47.8 cm³/mol. The van der Waals surface area contributed by atoms with Crippen molar-refractivity contribution in [3.05, 3.63) is 18.0 Å². The second-order valence-corrected chi connectivity index (χ2v) is 3.82.